The largest absolute Gasteiger partial charge is 0.326 e. The zero-order valence-electron chi connectivity index (χ0n) is 10.6. The molecule has 0 radical (unpaired) electrons. The van der Waals surface area contributed by atoms with Crippen molar-refractivity contribution in [3.63, 3.8) is 0 Å². The summed E-state index contributed by atoms with van der Waals surface area (Å²) in [6.07, 6.45) is 0. The van der Waals surface area contributed by atoms with Gasteiger partial charge in [0.05, 0.1) is 0 Å². The van der Waals surface area contributed by atoms with Gasteiger partial charge in [0.25, 0.3) is 0 Å². The first-order valence-corrected chi connectivity index (χ1v) is 5.80. The van der Waals surface area contributed by atoms with Crippen molar-refractivity contribution in [2.24, 2.45) is 5.73 Å². The van der Waals surface area contributed by atoms with Crippen molar-refractivity contribution < 1.29 is 9.18 Å². The summed E-state index contributed by atoms with van der Waals surface area (Å²) in [6.45, 7) is 0.454. The van der Waals surface area contributed by atoms with Gasteiger partial charge in [-0.2, -0.15) is 0 Å². The number of hydrogen-bond acceptors (Lipinski definition) is 2. The molecule has 0 atom stereocenters. The summed E-state index contributed by atoms with van der Waals surface area (Å²) in [5.74, 6) is -0.398. The van der Waals surface area contributed by atoms with Crippen LogP contribution in [0.2, 0.25) is 0 Å². The Hall–Kier alpha value is -2.11. The molecular weight excluding hydrogens is 281 g/mol. The van der Waals surface area contributed by atoms with Gasteiger partial charge in [-0.3, -0.25) is 0 Å². The minimum atomic E-state index is -0.425. The zero-order chi connectivity index (χ0) is 13.7. The van der Waals surface area contributed by atoms with Gasteiger partial charge >= 0.3 is 6.03 Å². The summed E-state index contributed by atoms with van der Waals surface area (Å²) < 4.78 is 12.9. The molecule has 20 heavy (non-hydrogen) atoms. The molecule has 2 aromatic carbocycles. The smallest absolute Gasteiger partial charge is 0.323 e. The van der Waals surface area contributed by atoms with Crippen molar-refractivity contribution in [3.05, 3.63) is 59.9 Å². The number of benzene rings is 2. The molecule has 106 valence electrons. The van der Waals surface area contributed by atoms with Gasteiger partial charge in [-0.1, -0.05) is 18.2 Å². The Morgan fingerprint density at radius 1 is 1.05 bits per heavy atom. The van der Waals surface area contributed by atoms with Crippen LogP contribution in [0.15, 0.2) is 48.5 Å². The molecule has 2 amide bonds. The molecule has 0 heterocycles. The Kier molecular flexibility index (Phi) is 5.96. The predicted octanol–water partition coefficient (Wildman–Crippen LogP) is 3.35. The van der Waals surface area contributed by atoms with Crippen LogP contribution in [0.3, 0.4) is 0 Å². The summed E-state index contributed by atoms with van der Waals surface area (Å²) in [5.41, 5.74) is 7.51. The van der Waals surface area contributed by atoms with Gasteiger partial charge < -0.3 is 16.4 Å². The number of nitrogens with one attached hydrogen (secondary N) is 2. The molecule has 0 aliphatic carbocycles. The topological polar surface area (TPSA) is 67.1 Å². The number of rotatable bonds is 3. The van der Waals surface area contributed by atoms with E-state index < -0.39 is 11.8 Å². The Labute approximate surface area is 122 Å². The molecule has 0 unspecified atom stereocenters. The fourth-order valence-corrected chi connectivity index (χ4v) is 1.58. The van der Waals surface area contributed by atoms with E-state index in [0.717, 1.165) is 5.56 Å². The summed E-state index contributed by atoms with van der Waals surface area (Å²) in [5, 5.41) is 5.19. The predicted molar refractivity (Wildman–Crippen MR) is 80.6 cm³/mol. The van der Waals surface area contributed by atoms with E-state index in [0.29, 0.717) is 17.9 Å². The van der Waals surface area contributed by atoms with Gasteiger partial charge in [-0.05, 0) is 35.9 Å². The number of amides is 2. The van der Waals surface area contributed by atoms with E-state index in [1.807, 2.05) is 12.1 Å². The lowest BCUT2D eigenvalue weighted by atomic mass is 10.2. The second kappa shape index (κ2) is 7.47. The molecule has 0 bridgehead atoms. The van der Waals surface area contributed by atoms with Crippen molar-refractivity contribution in [1.29, 1.82) is 0 Å². The third-order valence-electron chi connectivity index (χ3n) is 2.53. The van der Waals surface area contributed by atoms with Crippen LogP contribution in [-0.2, 0) is 6.54 Å². The molecule has 4 nitrogen and oxygen atoms in total. The summed E-state index contributed by atoms with van der Waals surface area (Å²) in [7, 11) is 0. The maximum absolute atomic E-state index is 12.9. The van der Waals surface area contributed by atoms with Crippen LogP contribution < -0.4 is 16.4 Å². The normalized spacial score (nSPS) is 9.50. The molecule has 0 fully saturated rings. The van der Waals surface area contributed by atoms with Gasteiger partial charge in [0.15, 0.2) is 0 Å². The number of urea groups is 1. The first-order chi connectivity index (χ1) is 9.17. The quantitative estimate of drug-likeness (QED) is 0.813. The van der Waals surface area contributed by atoms with Gasteiger partial charge in [0, 0.05) is 17.9 Å². The highest BCUT2D eigenvalue weighted by atomic mass is 35.5. The zero-order valence-corrected chi connectivity index (χ0v) is 11.4. The molecule has 4 N–H and O–H groups in total. The molecular formula is C14H15ClFN3O. The molecule has 0 saturated heterocycles. The Morgan fingerprint density at radius 3 is 2.30 bits per heavy atom. The van der Waals surface area contributed by atoms with E-state index in [-0.39, 0.29) is 12.4 Å². The first-order valence-electron chi connectivity index (χ1n) is 5.80. The molecule has 6 heteroatoms. The van der Waals surface area contributed by atoms with Gasteiger partial charge in [0.1, 0.15) is 5.82 Å². The first kappa shape index (κ1) is 15.9. The Balaban J connectivity index is 0.00000200. The summed E-state index contributed by atoms with van der Waals surface area (Å²) in [6, 6.07) is 12.5. The number of hydrogen-bond donors (Lipinski definition) is 3. The lowest BCUT2D eigenvalue weighted by molar-refractivity contribution is 0.262. The molecule has 2 aromatic rings. The van der Waals surface area contributed by atoms with Gasteiger partial charge in [-0.15, -0.1) is 12.4 Å². The minimum Gasteiger partial charge on any atom is -0.326 e. The standard InChI is InChI=1S/C14H14FN3O.ClH/c15-11-2-1-3-13(8-11)18-14(19)17-12-6-4-10(9-16)5-7-12;/h1-8H,9,16H2,(H2,17,18,19);1H. The maximum Gasteiger partial charge on any atom is 0.323 e. The van der Waals surface area contributed by atoms with Crippen LogP contribution in [0.5, 0.6) is 0 Å². The van der Waals surface area contributed by atoms with Crippen molar-refractivity contribution in [2.75, 3.05) is 10.6 Å². The highest BCUT2D eigenvalue weighted by Gasteiger charge is 2.03. The van der Waals surface area contributed by atoms with E-state index in [4.69, 9.17) is 5.73 Å². The molecule has 0 spiro atoms. The lowest BCUT2D eigenvalue weighted by Crippen LogP contribution is -2.19. The van der Waals surface area contributed by atoms with Crippen LogP contribution in [0.1, 0.15) is 5.56 Å². The molecule has 2 rings (SSSR count). The molecule has 0 aliphatic rings. The number of carbonyl (C=O) groups excluding carboxylic acids is 1. The van der Waals surface area contributed by atoms with Crippen LogP contribution in [0.4, 0.5) is 20.6 Å². The van der Waals surface area contributed by atoms with Crippen molar-refractivity contribution >= 4 is 29.8 Å². The third kappa shape index (κ3) is 4.53. The SMILES string of the molecule is Cl.NCc1ccc(NC(=O)Nc2cccc(F)c2)cc1. The van der Waals surface area contributed by atoms with Gasteiger partial charge in [-0.25, -0.2) is 9.18 Å². The molecule has 0 saturated carbocycles. The van der Waals surface area contributed by atoms with E-state index in [9.17, 15) is 9.18 Å². The van der Waals surface area contributed by atoms with Crippen molar-refractivity contribution in [3.8, 4) is 0 Å². The van der Waals surface area contributed by atoms with Crippen LogP contribution in [0, 0.1) is 5.82 Å². The number of nitrogens with two attached hydrogens (primary N) is 1. The second-order valence-electron chi connectivity index (χ2n) is 3.99. The highest BCUT2D eigenvalue weighted by Crippen LogP contribution is 2.12. The van der Waals surface area contributed by atoms with E-state index in [1.54, 1.807) is 18.2 Å². The monoisotopic (exact) mass is 295 g/mol. The molecule has 0 aliphatic heterocycles. The van der Waals surface area contributed by atoms with E-state index in [2.05, 4.69) is 10.6 Å². The average molecular weight is 296 g/mol. The number of halogens is 2. The molecule has 0 aromatic heterocycles. The number of carbonyl (C=O) groups is 1. The lowest BCUT2D eigenvalue weighted by Gasteiger charge is -2.08. The van der Waals surface area contributed by atoms with Gasteiger partial charge in [0.2, 0.25) is 0 Å². The van der Waals surface area contributed by atoms with Crippen LogP contribution >= 0.6 is 12.4 Å². The third-order valence-corrected chi connectivity index (χ3v) is 2.53. The second-order valence-corrected chi connectivity index (χ2v) is 3.99. The average Bonchev–Trinajstić information content (AvgIpc) is 2.39. The Bertz CT molecular complexity index is 575. The van der Waals surface area contributed by atoms with Crippen LogP contribution in [-0.4, -0.2) is 6.03 Å². The maximum atomic E-state index is 12.9. The Morgan fingerprint density at radius 2 is 1.70 bits per heavy atom. The van der Waals surface area contributed by atoms with Crippen LogP contribution in [0.25, 0.3) is 0 Å². The van der Waals surface area contributed by atoms with E-state index >= 15 is 0 Å². The summed E-state index contributed by atoms with van der Waals surface area (Å²) >= 11 is 0. The van der Waals surface area contributed by atoms with Crippen molar-refractivity contribution in [1.82, 2.24) is 0 Å². The fraction of sp³-hybridized carbons (Fsp3) is 0.0714. The minimum absolute atomic E-state index is 0. The van der Waals surface area contributed by atoms with Crippen molar-refractivity contribution in [2.45, 2.75) is 6.54 Å². The summed E-state index contributed by atoms with van der Waals surface area (Å²) in [4.78, 5) is 11.7. The fourth-order valence-electron chi connectivity index (χ4n) is 1.58. The highest BCUT2D eigenvalue weighted by molar-refractivity contribution is 5.99. The number of anilines is 2. The van der Waals surface area contributed by atoms with E-state index in [1.165, 1.54) is 18.2 Å².